The number of nitrogens with two attached hydrogens (primary N) is 2. The maximum atomic E-state index is 12.1. The van der Waals surface area contributed by atoms with Crippen molar-refractivity contribution < 1.29 is 9.59 Å². The Morgan fingerprint density at radius 3 is 2.89 bits per heavy atom. The van der Waals surface area contributed by atoms with Crippen molar-refractivity contribution in [2.45, 2.75) is 35.9 Å². The van der Waals surface area contributed by atoms with Crippen molar-refractivity contribution >= 4 is 63.0 Å². The van der Waals surface area contributed by atoms with Crippen LogP contribution in [-0.2, 0) is 17.8 Å². The maximum Gasteiger partial charge on any atom is 0.219 e. The fraction of sp³-hybridized carbons (Fsp3) is 0.235. The predicted molar refractivity (Wildman–Crippen MR) is 109 cm³/mol. The van der Waals surface area contributed by atoms with E-state index in [1.807, 2.05) is 16.7 Å². The summed E-state index contributed by atoms with van der Waals surface area (Å²) in [5.41, 5.74) is 14.1. The number of nitrogens with zero attached hydrogens (tertiary/aromatic N) is 4. The van der Waals surface area contributed by atoms with E-state index in [0.29, 0.717) is 29.3 Å². The Hall–Kier alpha value is -2.21. The SMILES string of the molecule is NC(=O)CCn1c(Sc2cc3c(cc2I)CCC3=O)nc2c(N)ncnc21. The number of carbonyl (C=O) groups excluding carboxylic acids is 2. The number of primary amides is 1. The normalized spacial score (nSPS) is 13.3. The molecule has 2 heterocycles. The molecule has 138 valence electrons. The second kappa shape index (κ2) is 7.08. The molecular weight excluding hydrogens is 479 g/mol. The van der Waals surface area contributed by atoms with Gasteiger partial charge in [0.2, 0.25) is 5.91 Å². The molecule has 1 amide bonds. The van der Waals surface area contributed by atoms with Crippen LogP contribution in [0.15, 0.2) is 28.5 Å². The summed E-state index contributed by atoms with van der Waals surface area (Å²) < 4.78 is 2.85. The van der Waals surface area contributed by atoms with Crippen LogP contribution in [0.4, 0.5) is 5.82 Å². The van der Waals surface area contributed by atoms with Gasteiger partial charge in [0.1, 0.15) is 6.33 Å². The third-order valence-electron chi connectivity index (χ3n) is 4.39. The number of Topliss-reactive ketones (excluding diaryl/α,β-unsaturated/α-hetero) is 1. The zero-order valence-corrected chi connectivity index (χ0v) is 17.1. The molecule has 0 spiro atoms. The second-order valence-electron chi connectivity index (χ2n) is 6.16. The van der Waals surface area contributed by atoms with E-state index in [1.165, 1.54) is 18.1 Å². The van der Waals surface area contributed by atoms with E-state index in [0.717, 1.165) is 26.0 Å². The number of hydrogen-bond acceptors (Lipinski definition) is 7. The molecule has 27 heavy (non-hydrogen) atoms. The molecular formula is C17H15IN6O2S. The van der Waals surface area contributed by atoms with E-state index in [-0.39, 0.29) is 18.0 Å². The van der Waals surface area contributed by atoms with E-state index in [2.05, 4.69) is 37.5 Å². The summed E-state index contributed by atoms with van der Waals surface area (Å²) in [4.78, 5) is 37.1. The molecule has 0 bridgehead atoms. The zero-order chi connectivity index (χ0) is 19.1. The third-order valence-corrected chi connectivity index (χ3v) is 6.70. The van der Waals surface area contributed by atoms with Crippen molar-refractivity contribution in [1.29, 1.82) is 0 Å². The molecule has 1 aromatic carbocycles. The summed E-state index contributed by atoms with van der Waals surface area (Å²) in [5.74, 6) is 0.0339. The largest absolute Gasteiger partial charge is 0.382 e. The minimum absolute atomic E-state index is 0.155. The average molecular weight is 494 g/mol. The van der Waals surface area contributed by atoms with Gasteiger partial charge in [-0.25, -0.2) is 15.0 Å². The van der Waals surface area contributed by atoms with Crippen LogP contribution in [-0.4, -0.2) is 31.2 Å². The summed E-state index contributed by atoms with van der Waals surface area (Å²) >= 11 is 3.67. The van der Waals surface area contributed by atoms with Gasteiger partial charge >= 0.3 is 0 Å². The number of amides is 1. The fourth-order valence-corrected chi connectivity index (χ4v) is 4.87. The van der Waals surface area contributed by atoms with E-state index in [4.69, 9.17) is 11.5 Å². The van der Waals surface area contributed by atoms with E-state index >= 15 is 0 Å². The van der Waals surface area contributed by atoms with Gasteiger partial charge < -0.3 is 16.0 Å². The first-order chi connectivity index (χ1) is 12.9. The van der Waals surface area contributed by atoms with Gasteiger partial charge in [-0.05, 0) is 46.7 Å². The summed E-state index contributed by atoms with van der Waals surface area (Å²) in [6, 6.07) is 3.97. The highest BCUT2D eigenvalue weighted by Gasteiger charge is 2.23. The van der Waals surface area contributed by atoms with Gasteiger partial charge in [-0.15, -0.1) is 0 Å². The second-order valence-corrected chi connectivity index (χ2v) is 8.33. The first-order valence-electron chi connectivity index (χ1n) is 8.22. The van der Waals surface area contributed by atoms with Crippen molar-refractivity contribution in [2.75, 3.05) is 5.73 Å². The van der Waals surface area contributed by atoms with Crippen molar-refractivity contribution in [2.24, 2.45) is 5.73 Å². The highest BCUT2D eigenvalue weighted by atomic mass is 127. The number of fused-ring (bicyclic) bond motifs is 2. The molecule has 0 fully saturated rings. The topological polar surface area (TPSA) is 130 Å². The third kappa shape index (κ3) is 3.38. The standard InChI is InChI=1S/C17H15IN6O2S/c18-10-5-8-1-2-11(25)9(8)6-12(10)27-17-23-14-15(20)21-7-22-16(14)24(17)4-3-13(19)26/h5-7H,1-4H2,(H2,19,26)(H2,20,21,22). The number of anilines is 1. The molecule has 1 aliphatic rings. The minimum atomic E-state index is -0.410. The van der Waals surface area contributed by atoms with Crippen LogP contribution >= 0.6 is 34.4 Å². The number of hydrogen-bond donors (Lipinski definition) is 2. The number of benzene rings is 1. The van der Waals surface area contributed by atoms with Crippen molar-refractivity contribution in [3.05, 3.63) is 33.2 Å². The van der Waals surface area contributed by atoms with Gasteiger partial charge in [-0.2, -0.15) is 0 Å². The molecule has 3 aromatic rings. The Labute approximate surface area is 172 Å². The lowest BCUT2D eigenvalue weighted by atomic mass is 10.1. The summed E-state index contributed by atoms with van der Waals surface area (Å²) in [6.45, 7) is 0.338. The van der Waals surface area contributed by atoms with Gasteiger partial charge in [0.05, 0.1) is 0 Å². The summed E-state index contributed by atoms with van der Waals surface area (Å²) in [6.07, 6.45) is 2.87. The number of carbonyl (C=O) groups is 2. The Morgan fingerprint density at radius 2 is 2.11 bits per heavy atom. The maximum absolute atomic E-state index is 12.1. The Morgan fingerprint density at radius 1 is 1.30 bits per heavy atom. The molecule has 0 aliphatic heterocycles. The minimum Gasteiger partial charge on any atom is -0.382 e. The molecule has 8 nitrogen and oxygen atoms in total. The van der Waals surface area contributed by atoms with Crippen molar-refractivity contribution in [3.63, 3.8) is 0 Å². The fourth-order valence-electron chi connectivity index (χ4n) is 3.06. The van der Waals surface area contributed by atoms with E-state index in [9.17, 15) is 9.59 Å². The molecule has 0 unspecified atom stereocenters. The van der Waals surface area contributed by atoms with E-state index in [1.54, 1.807) is 0 Å². The number of nitrogen functional groups attached to an aromatic ring is 1. The van der Waals surface area contributed by atoms with Crippen LogP contribution in [0, 0.1) is 3.57 Å². The van der Waals surface area contributed by atoms with Crippen LogP contribution in [0.1, 0.15) is 28.8 Å². The lowest BCUT2D eigenvalue weighted by molar-refractivity contribution is -0.118. The predicted octanol–water partition coefficient (Wildman–Crippen LogP) is 2.17. The molecule has 4 N–H and O–H groups in total. The van der Waals surface area contributed by atoms with Crippen LogP contribution in [0.5, 0.6) is 0 Å². The summed E-state index contributed by atoms with van der Waals surface area (Å²) in [5, 5.41) is 0.627. The Kier molecular flexibility index (Phi) is 4.76. The van der Waals surface area contributed by atoms with Gasteiger partial charge in [0.15, 0.2) is 27.9 Å². The van der Waals surface area contributed by atoms with Crippen LogP contribution in [0.3, 0.4) is 0 Å². The molecule has 2 aromatic heterocycles. The quantitative estimate of drug-likeness (QED) is 0.520. The molecule has 0 saturated carbocycles. The highest BCUT2D eigenvalue weighted by Crippen LogP contribution is 2.37. The molecule has 1 aliphatic carbocycles. The van der Waals surface area contributed by atoms with Gasteiger partial charge in [0.25, 0.3) is 0 Å². The van der Waals surface area contributed by atoms with Crippen molar-refractivity contribution in [3.8, 4) is 0 Å². The monoisotopic (exact) mass is 494 g/mol. The van der Waals surface area contributed by atoms with E-state index < -0.39 is 5.91 Å². The first kappa shape index (κ1) is 18.2. The molecule has 4 rings (SSSR count). The van der Waals surface area contributed by atoms with Crippen LogP contribution < -0.4 is 11.5 Å². The summed E-state index contributed by atoms with van der Waals surface area (Å²) in [7, 11) is 0. The van der Waals surface area contributed by atoms with Crippen molar-refractivity contribution in [1.82, 2.24) is 19.5 Å². The average Bonchev–Trinajstić information content (AvgIpc) is 3.15. The number of imidazole rings is 1. The molecule has 0 atom stereocenters. The highest BCUT2D eigenvalue weighted by molar-refractivity contribution is 14.1. The van der Waals surface area contributed by atoms with Gasteiger partial charge in [-0.1, -0.05) is 11.8 Å². The van der Waals surface area contributed by atoms with Crippen LogP contribution in [0.2, 0.25) is 0 Å². The number of rotatable bonds is 5. The molecule has 10 heteroatoms. The lowest BCUT2D eigenvalue weighted by Gasteiger charge is -2.09. The zero-order valence-electron chi connectivity index (χ0n) is 14.1. The molecule has 0 radical (unpaired) electrons. The number of aryl methyl sites for hydroxylation is 2. The van der Waals surface area contributed by atoms with Gasteiger partial charge in [-0.3, -0.25) is 9.59 Å². The van der Waals surface area contributed by atoms with Gasteiger partial charge in [0, 0.05) is 33.4 Å². The Bertz CT molecular complexity index is 1100. The molecule has 0 saturated heterocycles. The number of aromatic nitrogens is 4. The first-order valence-corrected chi connectivity index (χ1v) is 10.1. The van der Waals surface area contributed by atoms with Crippen LogP contribution in [0.25, 0.3) is 11.2 Å². The lowest BCUT2D eigenvalue weighted by Crippen LogP contribution is -2.14. The number of halogens is 1. The number of ketones is 1. The smallest absolute Gasteiger partial charge is 0.219 e. The Balaban J connectivity index is 1.79.